The van der Waals surface area contributed by atoms with E-state index in [4.69, 9.17) is 0 Å². The highest BCUT2D eigenvalue weighted by Gasteiger charge is 2.37. The summed E-state index contributed by atoms with van der Waals surface area (Å²) < 4.78 is 0. The van der Waals surface area contributed by atoms with E-state index in [9.17, 15) is 0 Å². The molecule has 0 atom stereocenters. The third-order valence-corrected chi connectivity index (χ3v) is 10.8. The largest absolute Gasteiger partial charge is 0.310 e. The molecular weight excluding hydrogens is 617 g/mol. The first-order valence-electron chi connectivity index (χ1n) is 19.0. The summed E-state index contributed by atoms with van der Waals surface area (Å²) >= 11 is 0. The Kier molecular flexibility index (Phi) is 9.87. The second kappa shape index (κ2) is 14.6. The molecule has 0 N–H and O–H groups in total. The summed E-state index contributed by atoms with van der Waals surface area (Å²) in [6, 6.07) is 50.4. The van der Waals surface area contributed by atoms with Gasteiger partial charge in [-0.3, -0.25) is 0 Å². The van der Waals surface area contributed by atoms with Crippen molar-refractivity contribution < 1.29 is 0 Å². The van der Waals surface area contributed by atoms with E-state index in [1.807, 2.05) is 0 Å². The first-order valence-corrected chi connectivity index (χ1v) is 19.0. The van der Waals surface area contributed by atoms with Crippen molar-refractivity contribution in [1.82, 2.24) is 0 Å². The minimum atomic E-state index is -0.178. The quantitative estimate of drug-likeness (QED) is 0.128. The molecule has 0 saturated carbocycles. The SMILES string of the molecule is CCCCc1ccc(N(c2ccc(C)cc2)c2ccc3c(c2)C(C)(C)c2cc(N(c4ccc(C)cc4)c4ccc(CCCC)cc4)ccc2-3)cc1. The highest BCUT2D eigenvalue weighted by Crippen LogP contribution is 2.52. The Morgan fingerprint density at radius 2 is 0.725 bits per heavy atom. The van der Waals surface area contributed by atoms with Crippen LogP contribution in [0.25, 0.3) is 11.1 Å². The van der Waals surface area contributed by atoms with Gasteiger partial charge in [-0.15, -0.1) is 0 Å². The van der Waals surface area contributed by atoms with E-state index in [1.54, 1.807) is 0 Å². The maximum atomic E-state index is 2.44. The van der Waals surface area contributed by atoms with Crippen molar-refractivity contribution in [2.75, 3.05) is 9.80 Å². The number of nitrogens with zero attached hydrogens (tertiary/aromatic N) is 2. The van der Waals surface area contributed by atoms with Gasteiger partial charge in [0.2, 0.25) is 0 Å². The highest BCUT2D eigenvalue weighted by molar-refractivity contribution is 5.88. The summed E-state index contributed by atoms with van der Waals surface area (Å²) in [5.41, 5.74) is 17.6. The van der Waals surface area contributed by atoms with Gasteiger partial charge in [0.25, 0.3) is 0 Å². The third-order valence-electron chi connectivity index (χ3n) is 10.8. The molecule has 0 amide bonds. The first-order chi connectivity index (χ1) is 24.8. The molecule has 0 radical (unpaired) electrons. The lowest BCUT2D eigenvalue weighted by atomic mass is 9.82. The van der Waals surface area contributed by atoms with E-state index in [1.165, 1.54) is 104 Å². The predicted octanol–water partition coefficient (Wildman–Crippen LogP) is 14.2. The fourth-order valence-corrected chi connectivity index (χ4v) is 7.66. The van der Waals surface area contributed by atoms with E-state index in [-0.39, 0.29) is 5.41 Å². The second-order valence-electron chi connectivity index (χ2n) is 15.0. The van der Waals surface area contributed by atoms with Gasteiger partial charge in [-0.25, -0.2) is 0 Å². The molecule has 6 aromatic rings. The lowest BCUT2D eigenvalue weighted by Crippen LogP contribution is -2.17. The molecule has 51 heavy (non-hydrogen) atoms. The fraction of sp³-hybridized carbons (Fsp3) is 0.265. The van der Waals surface area contributed by atoms with Gasteiger partial charge in [-0.1, -0.05) is 112 Å². The molecule has 0 fully saturated rings. The average molecular weight is 669 g/mol. The van der Waals surface area contributed by atoms with Crippen LogP contribution in [-0.4, -0.2) is 0 Å². The van der Waals surface area contributed by atoms with Gasteiger partial charge < -0.3 is 9.80 Å². The van der Waals surface area contributed by atoms with Crippen molar-refractivity contribution in [2.45, 2.75) is 85.5 Å². The van der Waals surface area contributed by atoms with Crippen LogP contribution < -0.4 is 9.80 Å². The van der Waals surface area contributed by atoms with Crippen molar-refractivity contribution in [3.63, 3.8) is 0 Å². The van der Waals surface area contributed by atoms with Crippen LogP contribution in [0.4, 0.5) is 34.1 Å². The van der Waals surface area contributed by atoms with Gasteiger partial charge in [-0.2, -0.15) is 0 Å². The smallest absolute Gasteiger partial charge is 0.0465 e. The van der Waals surface area contributed by atoms with Crippen molar-refractivity contribution in [2.24, 2.45) is 0 Å². The zero-order valence-corrected chi connectivity index (χ0v) is 31.3. The molecule has 1 aliphatic rings. The van der Waals surface area contributed by atoms with Crippen LogP contribution in [0.5, 0.6) is 0 Å². The van der Waals surface area contributed by atoms with Gasteiger partial charge in [-0.05, 0) is 146 Å². The lowest BCUT2D eigenvalue weighted by Gasteiger charge is -2.29. The Morgan fingerprint density at radius 1 is 0.412 bits per heavy atom. The highest BCUT2D eigenvalue weighted by atomic mass is 15.1. The number of aryl methyl sites for hydroxylation is 4. The fourth-order valence-electron chi connectivity index (χ4n) is 7.66. The molecule has 2 heteroatoms. The number of benzene rings is 6. The number of hydrogen-bond acceptors (Lipinski definition) is 2. The van der Waals surface area contributed by atoms with Gasteiger partial charge >= 0.3 is 0 Å². The first kappa shape index (κ1) is 34.4. The van der Waals surface area contributed by atoms with Gasteiger partial charge in [0, 0.05) is 39.5 Å². The maximum absolute atomic E-state index is 2.44. The van der Waals surface area contributed by atoms with Crippen LogP contribution >= 0.6 is 0 Å². The van der Waals surface area contributed by atoms with E-state index < -0.39 is 0 Å². The van der Waals surface area contributed by atoms with Crippen molar-refractivity contribution in [3.05, 3.63) is 167 Å². The van der Waals surface area contributed by atoms with E-state index >= 15 is 0 Å². The van der Waals surface area contributed by atoms with Crippen LogP contribution in [0.2, 0.25) is 0 Å². The zero-order valence-electron chi connectivity index (χ0n) is 31.3. The monoisotopic (exact) mass is 668 g/mol. The van der Waals surface area contributed by atoms with E-state index in [0.29, 0.717) is 0 Å². The number of rotatable bonds is 12. The molecule has 0 spiro atoms. The zero-order chi connectivity index (χ0) is 35.5. The average Bonchev–Trinajstić information content (AvgIpc) is 3.37. The Morgan fingerprint density at radius 3 is 1.06 bits per heavy atom. The minimum Gasteiger partial charge on any atom is -0.310 e. The molecular formula is C49H52N2. The van der Waals surface area contributed by atoms with Gasteiger partial charge in [0.05, 0.1) is 0 Å². The molecule has 0 unspecified atom stereocenters. The molecule has 0 bridgehead atoms. The van der Waals surface area contributed by atoms with Crippen LogP contribution in [0.15, 0.2) is 133 Å². The Bertz CT molecular complexity index is 1930. The Labute approximate surface area is 306 Å². The molecule has 7 rings (SSSR count). The van der Waals surface area contributed by atoms with Crippen LogP contribution in [0.3, 0.4) is 0 Å². The summed E-state index contributed by atoms with van der Waals surface area (Å²) in [6.07, 6.45) is 7.11. The van der Waals surface area contributed by atoms with E-state index in [0.717, 1.165) is 12.8 Å². The number of hydrogen-bond donors (Lipinski definition) is 0. The third kappa shape index (κ3) is 6.97. The van der Waals surface area contributed by atoms with Crippen LogP contribution in [-0.2, 0) is 18.3 Å². The summed E-state index contributed by atoms with van der Waals surface area (Å²) in [4.78, 5) is 4.83. The summed E-state index contributed by atoms with van der Waals surface area (Å²) in [5.74, 6) is 0. The molecule has 0 aromatic heterocycles. The number of unbranched alkanes of at least 4 members (excludes halogenated alkanes) is 2. The van der Waals surface area contributed by atoms with Crippen LogP contribution in [0, 0.1) is 13.8 Å². The molecule has 2 nitrogen and oxygen atoms in total. The van der Waals surface area contributed by atoms with Crippen molar-refractivity contribution in [1.29, 1.82) is 0 Å². The Hall–Kier alpha value is -5.08. The van der Waals surface area contributed by atoms with Crippen molar-refractivity contribution in [3.8, 4) is 11.1 Å². The van der Waals surface area contributed by atoms with Gasteiger partial charge in [0.1, 0.15) is 0 Å². The standard InChI is InChI=1S/C49H52N2/c1-7-9-11-37-17-25-41(26-18-37)50(39-21-13-35(3)14-22-39)43-29-31-45-46-32-30-44(34-48(46)49(5,6)47(45)33-43)51(40-23-15-36(4)16-24-40)42-27-19-38(20-28-42)12-10-8-2/h13-34H,7-12H2,1-6H3. The molecule has 1 aliphatic carbocycles. The molecule has 0 saturated heterocycles. The molecule has 6 aromatic carbocycles. The molecule has 258 valence electrons. The number of anilines is 6. The molecule has 0 aliphatic heterocycles. The van der Waals surface area contributed by atoms with E-state index in [2.05, 4.69) is 185 Å². The maximum Gasteiger partial charge on any atom is 0.0465 e. The lowest BCUT2D eigenvalue weighted by molar-refractivity contribution is 0.660. The minimum absolute atomic E-state index is 0.178. The van der Waals surface area contributed by atoms with Crippen LogP contribution in [0.1, 0.15) is 86.8 Å². The summed E-state index contributed by atoms with van der Waals surface area (Å²) in [6.45, 7) is 13.6. The normalized spacial score (nSPS) is 12.7. The topological polar surface area (TPSA) is 6.48 Å². The summed E-state index contributed by atoms with van der Waals surface area (Å²) in [7, 11) is 0. The predicted molar refractivity (Wildman–Crippen MR) is 220 cm³/mol. The Balaban J connectivity index is 1.28. The van der Waals surface area contributed by atoms with Gasteiger partial charge in [0.15, 0.2) is 0 Å². The number of fused-ring (bicyclic) bond motifs is 3. The van der Waals surface area contributed by atoms with Crippen molar-refractivity contribution >= 4 is 34.1 Å². The second-order valence-corrected chi connectivity index (χ2v) is 15.0. The summed E-state index contributed by atoms with van der Waals surface area (Å²) in [5, 5.41) is 0. The molecule has 0 heterocycles.